The van der Waals surface area contributed by atoms with E-state index in [0.29, 0.717) is 5.92 Å². The maximum Gasteiger partial charge on any atom is 0.155 e. The predicted octanol–water partition coefficient (Wildman–Crippen LogP) is 3.47. The lowest BCUT2D eigenvalue weighted by Gasteiger charge is -2.41. The van der Waals surface area contributed by atoms with Gasteiger partial charge < -0.3 is 10.5 Å². The molecule has 2 heterocycles. The van der Waals surface area contributed by atoms with E-state index >= 15 is 4.39 Å². The van der Waals surface area contributed by atoms with Crippen LogP contribution in [0.25, 0.3) is 0 Å². The summed E-state index contributed by atoms with van der Waals surface area (Å²) in [5.41, 5.74) is 8.90. The van der Waals surface area contributed by atoms with E-state index in [1.165, 1.54) is 5.70 Å². The zero-order valence-electron chi connectivity index (χ0n) is 15.5. The summed E-state index contributed by atoms with van der Waals surface area (Å²) < 4.78 is 15.1. The molecule has 6 unspecified atom stereocenters. The van der Waals surface area contributed by atoms with Crippen molar-refractivity contribution in [3.63, 3.8) is 0 Å². The number of allylic oxidation sites excluding steroid dienone is 6. The molecule has 0 bridgehead atoms. The van der Waals surface area contributed by atoms with E-state index in [4.69, 9.17) is 23.2 Å². The van der Waals surface area contributed by atoms with Gasteiger partial charge in [-0.1, -0.05) is 54.4 Å². The van der Waals surface area contributed by atoms with Gasteiger partial charge in [0, 0.05) is 28.6 Å². The fourth-order valence-electron chi connectivity index (χ4n) is 5.08. The lowest BCUT2D eigenvalue weighted by atomic mass is 9.79. The molecule has 0 aromatic heterocycles. The highest BCUT2D eigenvalue weighted by Crippen LogP contribution is 2.48. The minimum atomic E-state index is -1.36. The maximum absolute atomic E-state index is 15.1. The average Bonchev–Trinajstić information content (AvgIpc) is 3.35. The van der Waals surface area contributed by atoms with Crippen LogP contribution < -0.4 is 10.9 Å². The van der Waals surface area contributed by atoms with Crippen LogP contribution in [0.5, 0.6) is 0 Å². The third-order valence-corrected chi connectivity index (χ3v) is 7.17. The van der Waals surface area contributed by atoms with Crippen molar-refractivity contribution in [1.29, 1.82) is 0 Å². The Kier molecular flexibility index (Phi) is 4.72. The Morgan fingerprint density at radius 2 is 2.04 bits per heavy atom. The molecule has 3 N–H and O–H groups in total. The van der Waals surface area contributed by atoms with Gasteiger partial charge in [0.1, 0.15) is 6.23 Å². The third kappa shape index (κ3) is 2.91. The summed E-state index contributed by atoms with van der Waals surface area (Å²) in [6.45, 7) is 2.12. The van der Waals surface area contributed by atoms with Crippen molar-refractivity contribution in [2.75, 3.05) is 0 Å². The first-order valence-electron chi connectivity index (χ1n) is 9.92. The lowest BCUT2D eigenvalue weighted by molar-refractivity contribution is -0.0386. The topological polar surface area (TPSA) is 47.5 Å². The third-order valence-electron chi connectivity index (χ3n) is 6.58. The first-order valence-corrected chi connectivity index (χ1v) is 10.7. The second-order valence-electron chi connectivity index (χ2n) is 8.37. The summed E-state index contributed by atoms with van der Waals surface area (Å²) in [4.78, 5) is 1.91. The standard InChI is InChI=1S/C21H24Cl2FN3O/c1-10-9-12(22)7-8-13(10)20-16-18(11-5-6-11)25-26-19(16)21(28)27(20)15-4-2-3-14(23)17(15)24/h2-4,7-11,13,15,17,19-21,25-26,28H,5-6H2,1H3/t10?,13?,15?,17?,19?,20?,21-/m0/s1. The predicted molar refractivity (Wildman–Crippen MR) is 109 cm³/mol. The van der Waals surface area contributed by atoms with Crippen molar-refractivity contribution in [1.82, 2.24) is 15.8 Å². The number of nitrogens with one attached hydrogen (secondary N) is 2. The van der Waals surface area contributed by atoms with Gasteiger partial charge in [-0.15, -0.1) is 0 Å². The van der Waals surface area contributed by atoms with Crippen molar-refractivity contribution in [3.05, 3.63) is 57.8 Å². The van der Waals surface area contributed by atoms with Gasteiger partial charge in [-0.3, -0.25) is 4.90 Å². The molecule has 28 heavy (non-hydrogen) atoms. The molecule has 0 radical (unpaired) electrons. The van der Waals surface area contributed by atoms with Crippen LogP contribution in [0.15, 0.2) is 57.8 Å². The van der Waals surface area contributed by atoms with Crippen LogP contribution in [-0.2, 0) is 0 Å². The Morgan fingerprint density at radius 1 is 1.25 bits per heavy atom. The minimum Gasteiger partial charge on any atom is -0.376 e. The van der Waals surface area contributed by atoms with Gasteiger partial charge in [0.05, 0.1) is 17.1 Å². The lowest BCUT2D eigenvalue weighted by Crippen LogP contribution is -2.54. The highest BCUT2D eigenvalue weighted by molar-refractivity contribution is 6.31. The van der Waals surface area contributed by atoms with Crippen LogP contribution in [0.4, 0.5) is 4.39 Å². The molecule has 7 atom stereocenters. The second kappa shape index (κ2) is 6.99. The number of aliphatic hydroxyl groups is 1. The van der Waals surface area contributed by atoms with Gasteiger partial charge in [-0.25, -0.2) is 9.82 Å². The smallest absolute Gasteiger partial charge is 0.155 e. The van der Waals surface area contributed by atoms with Gasteiger partial charge in [-0.2, -0.15) is 0 Å². The number of hydrogen-bond donors (Lipinski definition) is 3. The number of hydrogen-bond acceptors (Lipinski definition) is 4. The Bertz CT molecular complexity index is 832. The molecule has 0 amide bonds. The monoisotopic (exact) mass is 423 g/mol. The zero-order valence-corrected chi connectivity index (χ0v) is 17.0. The summed E-state index contributed by atoms with van der Waals surface area (Å²) in [6, 6.07) is -1.01. The Balaban J connectivity index is 1.59. The second-order valence-corrected chi connectivity index (χ2v) is 9.24. The molecule has 5 aliphatic rings. The van der Waals surface area contributed by atoms with Crippen LogP contribution >= 0.6 is 23.2 Å². The number of rotatable bonds is 3. The van der Waals surface area contributed by atoms with E-state index in [1.54, 1.807) is 18.2 Å². The molecule has 0 spiro atoms. The van der Waals surface area contributed by atoms with E-state index in [0.717, 1.165) is 23.4 Å². The molecule has 1 saturated carbocycles. The molecule has 1 saturated heterocycles. The zero-order chi connectivity index (χ0) is 19.6. The number of halogens is 3. The quantitative estimate of drug-likeness (QED) is 0.650. The molecule has 2 aliphatic heterocycles. The van der Waals surface area contributed by atoms with Crippen molar-refractivity contribution >= 4 is 23.2 Å². The summed E-state index contributed by atoms with van der Waals surface area (Å²) in [5.74, 6) is 0.745. The molecular formula is C21H24Cl2FN3O. The van der Waals surface area contributed by atoms with E-state index in [2.05, 4.69) is 23.9 Å². The van der Waals surface area contributed by atoms with Gasteiger partial charge in [-0.05, 0) is 36.5 Å². The molecule has 7 heteroatoms. The average molecular weight is 424 g/mol. The molecule has 2 fully saturated rings. The Hall–Kier alpha value is -1.11. The van der Waals surface area contributed by atoms with Crippen LogP contribution in [0, 0.1) is 17.8 Å². The first-order chi connectivity index (χ1) is 13.5. The van der Waals surface area contributed by atoms with E-state index in [9.17, 15) is 5.11 Å². The van der Waals surface area contributed by atoms with Crippen LogP contribution in [-0.4, -0.2) is 40.5 Å². The molecule has 0 aromatic rings. The van der Waals surface area contributed by atoms with E-state index < -0.39 is 18.4 Å². The number of hydrazine groups is 1. The Labute approximate surface area is 174 Å². The maximum atomic E-state index is 15.1. The van der Waals surface area contributed by atoms with Crippen molar-refractivity contribution < 1.29 is 9.50 Å². The van der Waals surface area contributed by atoms with Crippen LogP contribution in [0.3, 0.4) is 0 Å². The van der Waals surface area contributed by atoms with Crippen molar-refractivity contribution in [3.8, 4) is 0 Å². The normalized spacial score (nSPS) is 43.1. The molecule has 0 aromatic carbocycles. The van der Waals surface area contributed by atoms with Gasteiger partial charge >= 0.3 is 0 Å². The number of nitrogens with zero attached hydrogens (tertiary/aromatic N) is 1. The summed E-state index contributed by atoms with van der Waals surface area (Å²) >= 11 is 12.3. The van der Waals surface area contributed by atoms with Crippen molar-refractivity contribution in [2.24, 2.45) is 17.8 Å². The van der Waals surface area contributed by atoms with Crippen LogP contribution in [0.1, 0.15) is 19.8 Å². The fraction of sp³-hybridized carbons (Fsp3) is 0.524. The number of alkyl halides is 1. The first kappa shape index (κ1) is 18.9. The molecule has 3 aliphatic carbocycles. The van der Waals surface area contributed by atoms with Gasteiger partial charge in [0.15, 0.2) is 6.17 Å². The van der Waals surface area contributed by atoms with Gasteiger partial charge in [0.25, 0.3) is 0 Å². The largest absolute Gasteiger partial charge is 0.376 e. The number of aliphatic hydroxyl groups excluding tert-OH is 1. The van der Waals surface area contributed by atoms with Crippen LogP contribution in [0.2, 0.25) is 0 Å². The highest BCUT2D eigenvalue weighted by atomic mass is 35.5. The summed E-state index contributed by atoms with van der Waals surface area (Å²) in [6.07, 6.45) is 11.3. The van der Waals surface area contributed by atoms with Gasteiger partial charge in [0.2, 0.25) is 0 Å². The fourth-order valence-corrected chi connectivity index (χ4v) is 5.55. The molecule has 4 nitrogen and oxygen atoms in total. The summed E-state index contributed by atoms with van der Waals surface area (Å²) in [7, 11) is 0. The molecular weight excluding hydrogens is 400 g/mol. The molecule has 150 valence electrons. The SMILES string of the molecule is CC1C=C(Cl)C=CC1C1C2=C(C3CC3)NNC2[C@H](O)N1C1C=CC=C(Cl)C1F. The van der Waals surface area contributed by atoms with Crippen molar-refractivity contribution in [2.45, 2.75) is 50.3 Å². The number of likely N-dealkylation sites (tertiary alicyclic amines) is 1. The highest BCUT2D eigenvalue weighted by Gasteiger charge is 2.56. The molecule has 5 rings (SSSR count). The minimum absolute atomic E-state index is 0.0814. The summed E-state index contributed by atoms with van der Waals surface area (Å²) in [5, 5.41) is 12.1. The Morgan fingerprint density at radius 3 is 2.75 bits per heavy atom. The van der Waals surface area contributed by atoms with E-state index in [1.807, 2.05) is 17.1 Å². The number of fused-ring (bicyclic) bond motifs is 1. The van der Waals surface area contributed by atoms with E-state index in [-0.39, 0.29) is 29.0 Å².